The first-order valence-electron chi connectivity index (χ1n) is 9.70. The first-order chi connectivity index (χ1) is 14.0. The number of hydrogen-bond acceptors (Lipinski definition) is 3. The van der Waals surface area contributed by atoms with E-state index in [4.69, 9.17) is 4.99 Å². The molecule has 0 radical (unpaired) electrons. The van der Waals surface area contributed by atoms with E-state index in [2.05, 4.69) is 52.4 Å². The predicted octanol–water partition coefficient (Wildman–Crippen LogP) is 6.08. The molecule has 1 heterocycles. The van der Waals surface area contributed by atoms with Crippen molar-refractivity contribution in [3.8, 4) is 5.75 Å². The summed E-state index contributed by atoms with van der Waals surface area (Å²) in [5, 5.41) is 13.9. The molecule has 0 aliphatic carbocycles. The normalized spacial score (nSPS) is 19.1. The lowest BCUT2D eigenvalue weighted by atomic mass is 9.93. The average molecular weight is 453 g/mol. The molecule has 5 heteroatoms. The fourth-order valence-electron chi connectivity index (χ4n) is 3.67. The molecule has 2 atom stereocenters. The van der Waals surface area contributed by atoms with Crippen molar-refractivity contribution >= 4 is 21.6 Å². The van der Waals surface area contributed by atoms with Gasteiger partial charge in [0.2, 0.25) is 0 Å². The molecule has 148 valence electrons. The van der Waals surface area contributed by atoms with E-state index in [9.17, 15) is 9.50 Å². The molecule has 0 amide bonds. The second-order valence-electron chi connectivity index (χ2n) is 7.18. The largest absolute Gasteiger partial charge is 0.508 e. The van der Waals surface area contributed by atoms with Crippen molar-refractivity contribution in [3.63, 3.8) is 0 Å². The molecule has 2 unspecified atom stereocenters. The molecule has 2 N–H and O–H groups in total. The van der Waals surface area contributed by atoms with Crippen molar-refractivity contribution in [3.05, 3.63) is 99.3 Å². The third-order valence-corrected chi connectivity index (χ3v) is 5.79. The van der Waals surface area contributed by atoms with E-state index in [1.54, 1.807) is 24.3 Å². The Kier molecular flexibility index (Phi) is 5.79. The van der Waals surface area contributed by atoms with Crippen LogP contribution >= 0.6 is 15.9 Å². The Morgan fingerprint density at radius 1 is 1.07 bits per heavy atom. The maximum atomic E-state index is 14.5. The number of aliphatic imine (C=N–C) groups is 1. The molecule has 0 saturated heterocycles. The van der Waals surface area contributed by atoms with Crippen LogP contribution in [0.4, 0.5) is 4.39 Å². The van der Waals surface area contributed by atoms with Gasteiger partial charge in [-0.2, -0.15) is 0 Å². The summed E-state index contributed by atoms with van der Waals surface area (Å²) >= 11 is 3.48. The summed E-state index contributed by atoms with van der Waals surface area (Å²) in [4.78, 5) is 4.84. The number of benzene rings is 3. The third-order valence-electron chi connectivity index (χ3n) is 5.30. The molecule has 1 aliphatic rings. The summed E-state index contributed by atoms with van der Waals surface area (Å²) < 4.78 is 15.4. The molecule has 0 saturated carbocycles. The highest BCUT2D eigenvalue weighted by molar-refractivity contribution is 9.10. The van der Waals surface area contributed by atoms with E-state index in [1.807, 2.05) is 12.1 Å². The van der Waals surface area contributed by atoms with Crippen LogP contribution in [0.5, 0.6) is 5.75 Å². The molecule has 0 spiro atoms. The smallest absolute Gasteiger partial charge is 0.129 e. The second-order valence-corrected chi connectivity index (χ2v) is 8.09. The minimum absolute atomic E-state index is 0.199. The van der Waals surface area contributed by atoms with Gasteiger partial charge in [-0.15, -0.1) is 0 Å². The van der Waals surface area contributed by atoms with E-state index in [-0.39, 0.29) is 17.6 Å². The van der Waals surface area contributed by atoms with Crippen LogP contribution in [-0.4, -0.2) is 10.8 Å². The van der Waals surface area contributed by atoms with Crippen molar-refractivity contribution < 1.29 is 9.50 Å². The SMILES string of the molecule is CCc1ccc(C2=NC(c3ccccc3F)NC(c3cc(Br)ccc3O)C2)cc1. The van der Waals surface area contributed by atoms with Gasteiger partial charge in [-0.3, -0.25) is 10.3 Å². The highest BCUT2D eigenvalue weighted by Gasteiger charge is 2.29. The van der Waals surface area contributed by atoms with Gasteiger partial charge in [0.05, 0.1) is 0 Å². The number of halogens is 2. The molecule has 0 fully saturated rings. The van der Waals surface area contributed by atoms with Crippen LogP contribution in [0.1, 0.15) is 47.8 Å². The molecule has 3 nitrogen and oxygen atoms in total. The van der Waals surface area contributed by atoms with Gasteiger partial charge in [0.25, 0.3) is 0 Å². The van der Waals surface area contributed by atoms with E-state index >= 15 is 0 Å². The molecule has 0 aromatic heterocycles. The summed E-state index contributed by atoms with van der Waals surface area (Å²) in [6.07, 6.45) is 1.04. The van der Waals surface area contributed by atoms with Crippen molar-refractivity contribution in [2.45, 2.75) is 32.0 Å². The number of rotatable bonds is 4. The highest BCUT2D eigenvalue weighted by Crippen LogP contribution is 2.36. The molecular weight excluding hydrogens is 431 g/mol. The first-order valence-corrected chi connectivity index (χ1v) is 10.5. The van der Waals surface area contributed by atoms with Gasteiger partial charge in [-0.05, 0) is 41.8 Å². The monoisotopic (exact) mass is 452 g/mol. The zero-order chi connectivity index (χ0) is 20.4. The second kappa shape index (κ2) is 8.47. The molecule has 3 aromatic carbocycles. The molecule has 29 heavy (non-hydrogen) atoms. The Hall–Kier alpha value is -2.50. The van der Waals surface area contributed by atoms with Gasteiger partial charge in [-0.25, -0.2) is 4.39 Å². The lowest BCUT2D eigenvalue weighted by Crippen LogP contribution is -2.33. The standard InChI is InChI=1S/C24H22BrFN2O/c1-2-15-7-9-16(10-8-15)21-14-22(19-13-17(25)11-12-23(19)29)28-24(27-21)18-5-3-4-6-20(18)26/h3-13,22,24,28-29H,2,14H2,1H3. The van der Waals surface area contributed by atoms with E-state index < -0.39 is 6.17 Å². The number of hydrogen-bond donors (Lipinski definition) is 2. The minimum atomic E-state index is -0.533. The number of nitrogens with zero attached hydrogens (tertiary/aromatic N) is 1. The van der Waals surface area contributed by atoms with Crippen molar-refractivity contribution in [2.75, 3.05) is 0 Å². The Morgan fingerprint density at radius 2 is 1.83 bits per heavy atom. The number of nitrogens with one attached hydrogen (secondary N) is 1. The van der Waals surface area contributed by atoms with Crippen LogP contribution in [0.15, 0.2) is 76.2 Å². The highest BCUT2D eigenvalue weighted by atomic mass is 79.9. The maximum absolute atomic E-state index is 14.5. The van der Waals surface area contributed by atoms with Crippen LogP contribution < -0.4 is 5.32 Å². The molecule has 0 bridgehead atoms. The van der Waals surface area contributed by atoms with Gasteiger partial charge >= 0.3 is 0 Å². The molecule has 1 aliphatic heterocycles. The van der Waals surface area contributed by atoms with Gasteiger partial charge < -0.3 is 5.11 Å². The maximum Gasteiger partial charge on any atom is 0.129 e. The van der Waals surface area contributed by atoms with Gasteiger partial charge in [0.15, 0.2) is 0 Å². The van der Waals surface area contributed by atoms with Crippen molar-refractivity contribution in [1.82, 2.24) is 5.32 Å². The number of phenols is 1. The lowest BCUT2D eigenvalue weighted by Gasteiger charge is -2.31. The summed E-state index contributed by atoms with van der Waals surface area (Å²) in [5.74, 6) is -0.0888. The molecular formula is C24H22BrFN2O. The number of phenolic OH excluding ortho intramolecular Hbond substituents is 1. The first kappa shape index (κ1) is 19.8. The van der Waals surface area contributed by atoms with E-state index in [0.717, 1.165) is 27.7 Å². The van der Waals surface area contributed by atoms with Crippen LogP contribution in [-0.2, 0) is 6.42 Å². The number of aromatic hydroxyl groups is 1. The van der Waals surface area contributed by atoms with E-state index in [0.29, 0.717) is 12.0 Å². The van der Waals surface area contributed by atoms with Crippen molar-refractivity contribution in [1.29, 1.82) is 0 Å². The third kappa shape index (κ3) is 4.26. The quantitative estimate of drug-likeness (QED) is 0.503. The van der Waals surface area contributed by atoms with E-state index in [1.165, 1.54) is 11.6 Å². The Labute approximate surface area is 178 Å². The fraction of sp³-hybridized carbons (Fsp3) is 0.208. The number of aryl methyl sites for hydroxylation is 1. The van der Waals surface area contributed by atoms with Gasteiger partial charge in [-0.1, -0.05) is 65.3 Å². The summed E-state index contributed by atoms with van der Waals surface area (Å²) in [7, 11) is 0. The van der Waals surface area contributed by atoms with Crippen LogP contribution in [0.3, 0.4) is 0 Å². The minimum Gasteiger partial charge on any atom is -0.508 e. The Bertz CT molecular complexity index is 1050. The zero-order valence-electron chi connectivity index (χ0n) is 16.1. The van der Waals surface area contributed by atoms with Crippen LogP contribution in [0.2, 0.25) is 0 Å². The molecule has 4 rings (SSSR count). The Balaban J connectivity index is 1.77. The summed E-state index contributed by atoms with van der Waals surface area (Å²) in [6.45, 7) is 2.12. The summed E-state index contributed by atoms with van der Waals surface area (Å²) in [6, 6.07) is 20.2. The van der Waals surface area contributed by atoms with Crippen LogP contribution in [0.25, 0.3) is 0 Å². The lowest BCUT2D eigenvalue weighted by molar-refractivity contribution is 0.405. The van der Waals surface area contributed by atoms with Gasteiger partial charge in [0.1, 0.15) is 17.7 Å². The topological polar surface area (TPSA) is 44.6 Å². The predicted molar refractivity (Wildman–Crippen MR) is 118 cm³/mol. The Morgan fingerprint density at radius 3 is 2.55 bits per heavy atom. The average Bonchev–Trinajstić information content (AvgIpc) is 2.75. The van der Waals surface area contributed by atoms with Crippen LogP contribution in [0, 0.1) is 5.82 Å². The fourth-order valence-corrected chi connectivity index (χ4v) is 4.05. The zero-order valence-corrected chi connectivity index (χ0v) is 17.7. The summed E-state index contributed by atoms with van der Waals surface area (Å²) in [5.41, 5.74) is 4.43. The molecule has 3 aromatic rings. The van der Waals surface area contributed by atoms with Crippen molar-refractivity contribution in [2.24, 2.45) is 4.99 Å². The van der Waals surface area contributed by atoms with Gasteiger partial charge in [0, 0.05) is 33.8 Å².